The van der Waals surface area contributed by atoms with Crippen molar-refractivity contribution in [3.8, 4) is 0 Å². The number of methoxy groups -OCH3 is 1. The third kappa shape index (κ3) is 4.80. The van der Waals surface area contributed by atoms with Gasteiger partial charge in [0.05, 0.1) is 31.4 Å². The fourth-order valence-corrected chi connectivity index (χ4v) is 2.83. The van der Waals surface area contributed by atoms with Crippen molar-refractivity contribution in [2.45, 2.75) is 33.2 Å². The van der Waals surface area contributed by atoms with Gasteiger partial charge in [0, 0.05) is 19.0 Å². The van der Waals surface area contributed by atoms with Crippen LogP contribution in [0.3, 0.4) is 0 Å². The van der Waals surface area contributed by atoms with Crippen molar-refractivity contribution in [1.29, 1.82) is 0 Å². The number of nitrogens with zero attached hydrogens (tertiary/aromatic N) is 2. The molecule has 108 valence electrons. The molecule has 1 atom stereocenters. The van der Waals surface area contributed by atoms with E-state index >= 15 is 0 Å². The van der Waals surface area contributed by atoms with Gasteiger partial charge in [-0.15, -0.1) is 11.3 Å². The number of hydrogen-bond donors (Lipinski definition) is 0. The molecule has 0 bridgehead atoms. The van der Waals surface area contributed by atoms with E-state index < -0.39 is 0 Å². The van der Waals surface area contributed by atoms with Crippen LogP contribution in [0.5, 0.6) is 0 Å². The van der Waals surface area contributed by atoms with Crippen molar-refractivity contribution < 1.29 is 14.3 Å². The average molecular weight is 286 g/mol. The lowest BCUT2D eigenvalue weighted by Gasteiger charge is -2.26. The first kappa shape index (κ1) is 15.9. The average Bonchev–Trinajstić information content (AvgIpc) is 2.79. The molecule has 0 amide bonds. The lowest BCUT2D eigenvalue weighted by atomic mass is 10.3. The molecule has 0 fully saturated rings. The normalized spacial score (nSPS) is 12.2. The lowest BCUT2D eigenvalue weighted by Crippen LogP contribution is -2.36. The van der Waals surface area contributed by atoms with Gasteiger partial charge >= 0.3 is 5.97 Å². The van der Waals surface area contributed by atoms with Crippen molar-refractivity contribution in [3.63, 3.8) is 0 Å². The number of carbonyl (C=O) groups excluding carboxylic acids is 1. The number of carbonyl (C=O) groups is 1. The maximum atomic E-state index is 11.4. The number of likely N-dealkylation sites (N-methyl/N-ethyl adjacent to an activating group) is 1. The van der Waals surface area contributed by atoms with Crippen molar-refractivity contribution in [2.24, 2.45) is 0 Å². The summed E-state index contributed by atoms with van der Waals surface area (Å²) in [4.78, 5) is 18.1. The Hall–Kier alpha value is -1.14. The van der Waals surface area contributed by atoms with E-state index in [1.54, 1.807) is 25.4 Å². The minimum Gasteiger partial charge on any atom is -0.466 e. The van der Waals surface area contributed by atoms with Gasteiger partial charge in [-0.1, -0.05) is 0 Å². The number of esters is 1. The predicted octanol–water partition coefficient (Wildman–Crippen LogP) is 2.11. The molecule has 0 aliphatic rings. The number of hydrogen-bond acceptors (Lipinski definition) is 6. The van der Waals surface area contributed by atoms with Crippen LogP contribution in [0.25, 0.3) is 0 Å². The molecule has 1 heterocycles. The molecule has 1 rings (SSSR count). The van der Waals surface area contributed by atoms with E-state index in [-0.39, 0.29) is 18.4 Å². The largest absolute Gasteiger partial charge is 0.466 e. The summed E-state index contributed by atoms with van der Waals surface area (Å²) >= 11 is 1.55. The summed E-state index contributed by atoms with van der Waals surface area (Å²) in [5.74, 6) is -0.229. The third-order valence-corrected chi connectivity index (χ3v) is 3.62. The summed E-state index contributed by atoms with van der Waals surface area (Å²) in [5, 5.41) is 2.83. The molecule has 0 aliphatic heterocycles. The summed E-state index contributed by atoms with van der Waals surface area (Å²) in [6.07, 6.45) is 0.237. The Balaban J connectivity index is 2.68. The molecular weight excluding hydrogens is 264 g/mol. The molecule has 1 unspecified atom stereocenters. The molecule has 1 aromatic rings. The van der Waals surface area contributed by atoms with Gasteiger partial charge < -0.3 is 14.4 Å². The third-order valence-electron chi connectivity index (χ3n) is 2.70. The number of ether oxygens (including phenoxy) is 2. The zero-order valence-electron chi connectivity index (χ0n) is 12.0. The first-order chi connectivity index (χ1) is 9.12. The second-order valence-electron chi connectivity index (χ2n) is 4.19. The molecule has 1 aromatic heterocycles. The molecule has 0 N–H and O–H groups in total. The molecule has 0 saturated carbocycles. The van der Waals surface area contributed by atoms with Crippen molar-refractivity contribution in [3.05, 3.63) is 11.1 Å². The maximum Gasteiger partial charge on any atom is 0.311 e. The van der Waals surface area contributed by atoms with Crippen LogP contribution >= 0.6 is 11.3 Å². The van der Waals surface area contributed by atoms with Crippen LogP contribution in [0.2, 0.25) is 0 Å². The van der Waals surface area contributed by atoms with Gasteiger partial charge in [0.25, 0.3) is 0 Å². The smallest absolute Gasteiger partial charge is 0.311 e. The molecule has 0 saturated heterocycles. The van der Waals surface area contributed by atoms with Gasteiger partial charge in [0.2, 0.25) is 0 Å². The first-order valence-corrected chi connectivity index (χ1v) is 7.35. The zero-order chi connectivity index (χ0) is 14.3. The van der Waals surface area contributed by atoms with Gasteiger partial charge in [-0.25, -0.2) is 4.98 Å². The Kier molecular flexibility index (Phi) is 6.80. The topological polar surface area (TPSA) is 51.7 Å². The lowest BCUT2D eigenvalue weighted by molar-refractivity contribution is -0.142. The number of aromatic nitrogens is 1. The number of anilines is 1. The van der Waals surface area contributed by atoms with E-state index in [0.29, 0.717) is 13.2 Å². The molecule has 19 heavy (non-hydrogen) atoms. The van der Waals surface area contributed by atoms with Crippen LogP contribution in [-0.4, -0.2) is 43.9 Å². The van der Waals surface area contributed by atoms with Crippen LogP contribution in [0.4, 0.5) is 5.13 Å². The Morgan fingerprint density at radius 3 is 2.84 bits per heavy atom. The van der Waals surface area contributed by atoms with E-state index in [2.05, 4.69) is 23.7 Å². The summed E-state index contributed by atoms with van der Waals surface area (Å²) in [6, 6.07) is 0.261. The van der Waals surface area contributed by atoms with Crippen LogP contribution in [0, 0.1) is 0 Å². The SMILES string of the molecule is CCOC(=O)Cc1csc(N(CC)C(C)COC)n1. The van der Waals surface area contributed by atoms with E-state index in [9.17, 15) is 4.79 Å². The molecule has 5 nitrogen and oxygen atoms in total. The predicted molar refractivity (Wildman–Crippen MR) is 76.8 cm³/mol. The fourth-order valence-electron chi connectivity index (χ4n) is 1.84. The quantitative estimate of drug-likeness (QED) is 0.685. The second-order valence-corrected chi connectivity index (χ2v) is 5.03. The molecule has 0 aliphatic carbocycles. The monoisotopic (exact) mass is 286 g/mol. The van der Waals surface area contributed by atoms with Gasteiger partial charge in [-0.2, -0.15) is 0 Å². The van der Waals surface area contributed by atoms with E-state index in [0.717, 1.165) is 17.4 Å². The van der Waals surface area contributed by atoms with E-state index in [1.807, 2.05) is 5.38 Å². The first-order valence-electron chi connectivity index (χ1n) is 6.47. The summed E-state index contributed by atoms with van der Waals surface area (Å²) in [5.41, 5.74) is 0.765. The molecule has 0 spiro atoms. The Morgan fingerprint density at radius 2 is 2.26 bits per heavy atom. The van der Waals surface area contributed by atoms with Gasteiger partial charge in [-0.05, 0) is 20.8 Å². The van der Waals surface area contributed by atoms with Gasteiger partial charge in [0.1, 0.15) is 0 Å². The van der Waals surface area contributed by atoms with Crippen LogP contribution in [0.15, 0.2) is 5.38 Å². The van der Waals surface area contributed by atoms with Crippen LogP contribution in [0.1, 0.15) is 26.5 Å². The highest BCUT2D eigenvalue weighted by Crippen LogP contribution is 2.23. The van der Waals surface area contributed by atoms with Crippen molar-refractivity contribution in [2.75, 3.05) is 31.8 Å². The number of thiazole rings is 1. The van der Waals surface area contributed by atoms with Crippen molar-refractivity contribution >= 4 is 22.4 Å². The minimum atomic E-state index is -0.229. The Bertz CT molecular complexity index is 395. The molecular formula is C13H22N2O3S. The molecule has 0 aromatic carbocycles. The molecule has 0 radical (unpaired) electrons. The number of rotatable bonds is 8. The molecule has 6 heteroatoms. The van der Waals surface area contributed by atoms with Gasteiger partial charge in [0.15, 0.2) is 5.13 Å². The highest BCUT2D eigenvalue weighted by Gasteiger charge is 2.17. The Morgan fingerprint density at radius 1 is 1.53 bits per heavy atom. The summed E-state index contributed by atoms with van der Waals surface area (Å²) in [7, 11) is 1.69. The van der Waals surface area contributed by atoms with Crippen LogP contribution < -0.4 is 4.90 Å². The highest BCUT2D eigenvalue weighted by atomic mass is 32.1. The summed E-state index contributed by atoms with van der Waals surface area (Å²) in [6.45, 7) is 7.90. The van der Waals surface area contributed by atoms with Crippen LogP contribution in [-0.2, 0) is 20.7 Å². The fraction of sp³-hybridized carbons (Fsp3) is 0.692. The standard InChI is InChI=1S/C13H22N2O3S/c1-5-15(10(3)8-17-4)13-14-11(9-19-13)7-12(16)18-6-2/h9-10H,5-8H2,1-4H3. The highest BCUT2D eigenvalue weighted by molar-refractivity contribution is 7.13. The Labute approximate surface area is 118 Å². The summed E-state index contributed by atoms with van der Waals surface area (Å²) < 4.78 is 10.1. The second kappa shape index (κ2) is 8.12. The van der Waals surface area contributed by atoms with Crippen molar-refractivity contribution in [1.82, 2.24) is 4.98 Å². The van der Waals surface area contributed by atoms with E-state index in [4.69, 9.17) is 9.47 Å². The maximum absolute atomic E-state index is 11.4. The zero-order valence-corrected chi connectivity index (χ0v) is 12.8. The van der Waals surface area contributed by atoms with E-state index in [1.165, 1.54) is 0 Å². The van der Waals surface area contributed by atoms with Gasteiger partial charge in [-0.3, -0.25) is 4.79 Å². The minimum absolute atomic E-state index is 0.229.